The molecule has 5 heteroatoms. The zero-order chi connectivity index (χ0) is 16.7. The fourth-order valence-corrected chi connectivity index (χ4v) is 2.56. The van der Waals surface area contributed by atoms with Crippen LogP contribution < -0.4 is 10.6 Å². The lowest BCUT2D eigenvalue weighted by Gasteiger charge is -2.04. The molecule has 0 radical (unpaired) electrons. The van der Waals surface area contributed by atoms with Crippen LogP contribution in [0.1, 0.15) is 26.3 Å². The molecular weight excluding hydrogens is 403 g/mol. The van der Waals surface area contributed by atoms with E-state index >= 15 is 0 Å². The van der Waals surface area contributed by atoms with Gasteiger partial charge in [0.2, 0.25) is 0 Å². The second-order valence-electron chi connectivity index (χ2n) is 4.59. The lowest BCUT2D eigenvalue weighted by molar-refractivity contribution is 0.0951. The van der Waals surface area contributed by atoms with Crippen LogP contribution in [0.4, 0.5) is 0 Å². The highest BCUT2D eigenvalue weighted by molar-refractivity contribution is 14.1. The molecule has 0 atom stereocenters. The highest BCUT2D eigenvalue weighted by Crippen LogP contribution is 2.10. The summed E-state index contributed by atoms with van der Waals surface area (Å²) in [7, 11) is 1.58. The van der Waals surface area contributed by atoms with Crippen molar-refractivity contribution in [2.45, 2.75) is 0 Å². The molecule has 4 nitrogen and oxygen atoms in total. The Balaban J connectivity index is 2.03. The van der Waals surface area contributed by atoms with Crippen LogP contribution in [-0.2, 0) is 0 Å². The fraction of sp³-hybridized carbons (Fsp3) is 0.111. The summed E-state index contributed by atoms with van der Waals surface area (Å²) >= 11 is 2.12. The third-order valence-corrected chi connectivity index (χ3v) is 4.02. The van der Waals surface area contributed by atoms with Gasteiger partial charge in [0, 0.05) is 16.2 Å². The van der Waals surface area contributed by atoms with E-state index in [9.17, 15) is 9.59 Å². The van der Waals surface area contributed by atoms with Crippen molar-refractivity contribution >= 4 is 34.4 Å². The predicted molar refractivity (Wildman–Crippen MR) is 98.2 cm³/mol. The Morgan fingerprint density at radius 3 is 2.35 bits per heavy atom. The van der Waals surface area contributed by atoms with Crippen LogP contribution in [0.2, 0.25) is 0 Å². The molecule has 2 rings (SSSR count). The van der Waals surface area contributed by atoms with E-state index in [1.807, 2.05) is 24.3 Å². The van der Waals surface area contributed by atoms with Gasteiger partial charge < -0.3 is 10.6 Å². The van der Waals surface area contributed by atoms with Crippen LogP contribution in [0.3, 0.4) is 0 Å². The smallest absolute Gasteiger partial charge is 0.253 e. The predicted octanol–water partition coefficient (Wildman–Crippen LogP) is 2.43. The first kappa shape index (κ1) is 17.0. The lowest BCUT2D eigenvalue weighted by atomic mass is 10.1. The summed E-state index contributed by atoms with van der Waals surface area (Å²) in [5.74, 6) is 5.45. The highest BCUT2D eigenvalue weighted by atomic mass is 127. The van der Waals surface area contributed by atoms with Crippen LogP contribution in [0.25, 0.3) is 0 Å². The number of halogens is 1. The molecule has 23 heavy (non-hydrogen) atoms. The summed E-state index contributed by atoms with van der Waals surface area (Å²) in [6.45, 7) is 0.214. The van der Waals surface area contributed by atoms with E-state index in [1.165, 1.54) is 0 Å². The monoisotopic (exact) mass is 418 g/mol. The van der Waals surface area contributed by atoms with Crippen molar-refractivity contribution < 1.29 is 9.59 Å². The highest BCUT2D eigenvalue weighted by Gasteiger charge is 2.08. The van der Waals surface area contributed by atoms with Gasteiger partial charge in [-0.25, -0.2) is 0 Å². The summed E-state index contributed by atoms with van der Waals surface area (Å²) in [5.41, 5.74) is 1.78. The molecule has 0 heterocycles. The molecule has 0 aliphatic heterocycles. The number of carbonyl (C=O) groups excluding carboxylic acids is 2. The lowest BCUT2D eigenvalue weighted by Crippen LogP contribution is -2.24. The van der Waals surface area contributed by atoms with Gasteiger partial charge in [0.1, 0.15) is 0 Å². The number of amides is 2. The van der Waals surface area contributed by atoms with E-state index in [2.05, 4.69) is 45.1 Å². The van der Waals surface area contributed by atoms with Crippen molar-refractivity contribution in [3.05, 3.63) is 68.8 Å². The number of carbonyl (C=O) groups is 2. The minimum absolute atomic E-state index is 0.163. The minimum atomic E-state index is -0.183. The molecule has 2 aromatic carbocycles. The number of hydrogen-bond donors (Lipinski definition) is 2. The normalized spacial score (nSPS) is 9.48. The quantitative estimate of drug-likeness (QED) is 0.595. The molecule has 116 valence electrons. The molecule has 2 N–H and O–H groups in total. The van der Waals surface area contributed by atoms with Gasteiger partial charge in [-0.1, -0.05) is 36.1 Å². The first-order chi connectivity index (χ1) is 11.1. The van der Waals surface area contributed by atoms with Gasteiger partial charge >= 0.3 is 0 Å². The Morgan fingerprint density at radius 1 is 1.00 bits per heavy atom. The van der Waals surface area contributed by atoms with Crippen molar-refractivity contribution in [3.63, 3.8) is 0 Å². The Bertz CT molecular complexity index is 791. The van der Waals surface area contributed by atoms with E-state index in [-0.39, 0.29) is 18.4 Å². The fourth-order valence-electron chi connectivity index (χ4n) is 1.93. The van der Waals surface area contributed by atoms with Gasteiger partial charge in [-0.3, -0.25) is 9.59 Å². The minimum Gasteiger partial charge on any atom is -0.355 e. The number of hydrogen-bond acceptors (Lipinski definition) is 2. The molecule has 0 aromatic heterocycles. The molecule has 0 fully saturated rings. The van der Waals surface area contributed by atoms with Crippen LogP contribution in [0, 0.1) is 15.4 Å². The second kappa shape index (κ2) is 8.34. The maximum atomic E-state index is 12.1. The molecule has 0 unspecified atom stereocenters. The summed E-state index contributed by atoms with van der Waals surface area (Å²) < 4.78 is 0.889. The first-order valence-corrected chi connectivity index (χ1v) is 8.04. The van der Waals surface area contributed by atoms with Crippen molar-refractivity contribution in [1.82, 2.24) is 10.6 Å². The number of benzene rings is 2. The molecule has 0 spiro atoms. The average Bonchev–Trinajstić information content (AvgIpc) is 2.58. The van der Waals surface area contributed by atoms with Gasteiger partial charge in [0.25, 0.3) is 11.8 Å². The maximum Gasteiger partial charge on any atom is 0.253 e. The average molecular weight is 418 g/mol. The summed E-state index contributed by atoms with van der Waals surface area (Å²) in [6, 6.07) is 14.5. The molecule has 2 aromatic rings. The first-order valence-electron chi connectivity index (χ1n) is 6.96. The molecule has 0 bridgehead atoms. The van der Waals surface area contributed by atoms with E-state index in [0.29, 0.717) is 16.7 Å². The Labute approximate surface area is 148 Å². The van der Waals surface area contributed by atoms with Gasteiger partial charge in [-0.05, 0) is 46.9 Å². The standard InChI is InChI=1S/C18H15IN2O2/c1-20-17(22)14-9-3-2-7-13(14)8-6-12-21-18(23)15-10-4-5-11-16(15)19/h2-5,7,9-11H,12H2,1H3,(H,20,22)(H,21,23). The van der Waals surface area contributed by atoms with Crippen molar-refractivity contribution in [2.24, 2.45) is 0 Å². The van der Waals surface area contributed by atoms with Gasteiger partial charge in [-0.2, -0.15) is 0 Å². The Kier molecular flexibility index (Phi) is 6.18. The van der Waals surface area contributed by atoms with Crippen molar-refractivity contribution in [2.75, 3.05) is 13.6 Å². The molecule has 0 aliphatic rings. The van der Waals surface area contributed by atoms with Gasteiger partial charge in [0.15, 0.2) is 0 Å². The van der Waals surface area contributed by atoms with E-state index in [0.717, 1.165) is 3.57 Å². The maximum absolute atomic E-state index is 12.1. The van der Waals surface area contributed by atoms with Crippen molar-refractivity contribution in [3.8, 4) is 11.8 Å². The largest absolute Gasteiger partial charge is 0.355 e. The third-order valence-electron chi connectivity index (χ3n) is 3.08. The third kappa shape index (κ3) is 4.57. The Morgan fingerprint density at radius 2 is 1.65 bits per heavy atom. The van der Waals surface area contributed by atoms with Crippen molar-refractivity contribution in [1.29, 1.82) is 0 Å². The van der Waals surface area contributed by atoms with Crippen LogP contribution in [-0.4, -0.2) is 25.4 Å². The zero-order valence-electron chi connectivity index (χ0n) is 12.5. The van der Waals surface area contributed by atoms with E-state index in [1.54, 1.807) is 31.3 Å². The van der Waals surface area contributed by atoms with E-state index < -0.39 is 0 Å². The molecular formula is C18H15IN2O2. The Hall–Kier alpha value is -2.33. The van der Waals surface area contributed by atoms with E-state index in [4.69, 9.17) is 0 Å². The molecule has 0 saturated carbocycles. The summed E-state index contributed by atoms with van der Waals surface area (Å²) in [6.07, 6.45) is 0. The molecule has 0 aliphatic carbocycles. The topological polar surface area (TPSA) is 58.2 Å². The molecule has 0 saturated heterocycles. The zero-order valence-corrected chi connectivity index (χ0v) is 14.7. The SMILES string of the molecule is CNC(=O)c1ccccc1C#CCNC(=O)c1ccccc1I. The second-order valence-corrected chi connectivity index (χ2v) is 5.75. The molecule has 2 amide bonds. The van der Waals surface area contributed by atoms with Crippen LogP contribution in [0.15, 0.2) is 48.5 Å². The number of rotatable bonds is 3. The number of nitrogens with one attached hydrogen (secondary N) is 2. The van der Waals surface area contributed by atoms with Crippen LogP contribution in [0.5, 0.6) is 0 Å². The van der Waals surface area contributed by atoms with Gasteiger partial charge in [0.05, 0.1) is 17.7 Å². The van der Waals surface area contributed by atoms with Crippen LogP contribution >= 0.6 is 22.6 Å². The summed E-state index contributed by atoms with van der Waals surface area (Å²) in [5, 5.41) is 5.34. The summed E-state index contributed by atoms with van der Waals surface area (Å²) in [4.78, 5) is 23.8. The van der Waals surface area contributed by atoms with Gasteiger partial charge in [-0.15, -0.1) is 0 Å².